The van der Waals surface area contributed by atoms with Crippen molar-refractivity contribution >= 4 is 29.0 Å². The summed E-state index contributed by atoms with van der Waals surface area (Å²) >= 11 is 0. The number of nitrogens with zero attached hydrogens (tertiary/aromatic N) is 5. The molecule has 11 nitrogen and oxygen atoms in total. The topological polar surface area (TPSA) is 123 Å². The molecule has 2 aromatic heterocycles. The Bertz CT molecular complexity index is 1750. The second-order valence-corrected chi connectivity index (χ2v) is 10.8. The number of carbonyl (C=O) groups is 2. The fourth-order valence-electron chi connectivity index (χ4n) is 5.60. The van der Waals surface area contributed by atoms with Crippen LogP contribution >= 0.6 is 0 Å². The number of aliphatic imine (C=N–C) groups is 1. The van der Waals surface area contributed by atoms with E-state index in [1.165, 1.54) is 6.07 Å². The van der Waals surface area contributed by atoms with Crippen molar-refractivity contribution in [2.45, 2.75) is 32.2 Å². The van der Waals surface area contributed by atoms with Gasteiger partial charge >= 0.3 is 0 Å². The molecule has 1 fully saturated rings. The van der Waals surface area contributed by atoms with Crippen LogP contribution in [-0.2, 0) is 16.1 Å². The zero-order valence-electron chi connectivity index (χ0n) is 24.0. The summed E-state index contributed by atoms with van der Waals surface area (Å²) < 4.78 is 28.2. The highest BCUT2D eigenvalue weighted by atomic mass is 19.1. The van der Waals surface area contributed by atoms with E-state index in [0.29, 0.717) is 53.7 Å². The first-order valence-corrected chi connectivity index (χ1v) is 14.6. The molecule has 4 aromatic rings. The first-order valence-electron chi connectivity index (χ1n) is 14.6. The molecule has 2 amide bonds. The number of halogens is 1. The summed E-state index contributed by atoms with van der Waals surface area (Å²) in [5, 5.41) is 10.1. The average Bonchev–Trinajstić information content (AvgIpc) is 3.36. The lowest BCUT2D eigenvalue weighted by Crippen LogP contribution is -2.42. The first kappa shape index (κ1) is 27.7. The van der Waals surface area contributed by atoms with E-state index in [-0.39, 0.29) is 17.4 Å². The Morgan fingerprint density at radius 2 is 1.84 bits per heavy atom. The molecule has 44 heavy (non-hydrogen) atoms. The summed E-state index contributed by atoms with van der Waals surface area (Å²) in [6.45, 7) is 5.25. The standard InChI is InChI=1S/C32H30FN7O4/c1-19-12-13-40-32(44-19)25(27(38-40)21-10-11-24(34-18-21)39-14-16-43-17-15-39)30(41)37-29-31(42)36-28-22(8-5-9-23(28)33)26(35-29)20-6-3-2-4-7-20/h2-11,18-19,29H,12-17H2,1H3,(H,36,42)(H,37,41)/t19-,29-/m1/s1. The highest BCUT2D eigenvalue weighted by Gasteiger charge is 2.34. The molecule has 5 heterocycles. The van der Waals surface area contributed by atoms with Gasteiger partial charge in [0.1, 0.15) is 22.9 Å². The first-order chi connectivity index (χ1) is 21.5. The average molecular weight is 596 g/mol. The van der Waals surface area contributed by atoms with Gasteiger partial charge in [-0.05, 0) is 25.1 Å². The summed E-state index contributed by atoms with van der Waals surface area (Å²) in [5.74, 6) is -0.764. The van der Waals surface area contributed by atoms with Crippen molar-refractivity contribution in [2.24, 2.45) is 4.99 Å². The molecule has 3 aliphatic heterocycles. The number of hydrogen-bond donors (Lipinski definition) is 2. The molecule has 224 valence electrons. The lowest BCUT2D eigenvalue weighted by atomic mass is 10.0. The number of morpholine rings is 1. The van der Waals surface area contributed by atoms with Gasteiger partial charge in [-0.25, -0.2) is 19.0 Å². The number of pyridine rings is 1. The molecular weight excluding hydrogens is 565 g/mol. The number of aromatic nitrogens is 3. The maximum Gasteiger partial charge on any atom is 0.269 e. The van der Waals surface area contributed by atoms with Crippen molar-refractivity contribution in [2.75, 3.05) is 36.5 Å². The minimum Gasteiger partial charge on any atom is -0.474 e. The van der Waals surface area contributed by atoms with E-state index in [1.54, 1.807) is 23.0 Å². The molecule has 2 aromatic carbocycles. The summed E-state index contributed by atoms with van der Waals surface area (Å²) in [4.78, 5) is 39.0. The van der Waals surface area contributed by atoms with Crippen LogP contribution in [0.1, 0.15) is 34.8 Å². The third-order valence-electron chi connectivity index (χ3n) is 7.89. The smallest absolute Gasteiger partial charge is 0.269 e. The normalized spacial score (nSPS) is 19.5. The van der Waals surface area contributed by atoms with Crippen molar-refractivity contribution in [3.8, 4) is 17.1 Å². The van der Waals surface area contributed by atoms with Crippen molar-refractivity contribution < 1.29 is 23.5 Å². The lowest BCUT2D eigenvalue weighted by molar-refractivity contribution is -0.117. The highest BCUT2D eigenvalue weighted by molar-refractivity contribution is 6.20. The molecule has 0 radical (unpaired) electrons. The van der Waals surface area contributed by atoms with Gasteiger partial charge in [-0.15, -0.1) is 0 Å². The number of hydrogen-bond acceptors (Lipinski definition) is 8. The summed E-state index contributed by atoms with van der Waals surface area (Å²) in [6.07, 6.45) is 0.906. The predicted octanol–water partition coefficient (Wildman–Crippen LogP) is 3.64. The van der Waals surface area contributed by atoms with E-state index < -0.39 is 23.8 Å². The fourth-order valence-corrected chi connectivity index (χ4v) is 5.60. The summed E-state index contributed by atoms with van der Waals surface area (Å²) in [6, 6.07) is 17.4. The van der Waals surface area contributed by atoms with Gasteiger partial charge in [0.25, 0.3) is 11.8 Å². The Morgan fingerprint density at radius 3 is 2.61 bits per heavy atom. The van der Waals surface area contributed by atoms with E-state index in [1.807, 2.05) is 49.4 Å². The van der Waals surface area contributed by atoms with Crippen LogP contribution in [0.3, 0.4) is 0 Å². The van der Waals surface area contributed by atoms with Crippen LogP contribution in [0.15, 0.2) is 71.9 Å². The molecule has 1 saturated heterocycles. The van der Waals surface area contributed by atoms with E-state index in [9.17, 15) is 14.0 Å². The third kappa shape index (κ3) is 5.17. The van der Waals surface area contributed by atoms with Gasteiger partial charge in [0.2, 0.25) is 12.0 Å². The predicted molar refractivity (Wildman–Crippen MR) is 162 cm³/mol. The van der Waals surface area contributed by atoms with Crippen LogP contribution in [0, 0.1) is 5.82 Å². The molecule has 0 unspecified atom stereocenters. The van der Waals surface area contributed by atoms with E-state index in [2.05, 4.69) is 25.5 Å². The largest absolute Gasteiger partial charge is 0.474 e. The third-order valence-corrected chi connectivity index (χ3v) is 7.89. The number of fused-ring (bicyclic) bond motifs is 2. The number of para-hydroxylation sites is 1. The van der Waals surface area contributed by atoms with Gasteiger partial charge in [0, 0.05) is 48.9 Å². The number of amides is 2. The molecule has 0 aliphatic carbocycles. The van der Waals surface area contributed by atoms with Gasteiger partial charge in [0.05, 0.1) is 30.7 Å². The number of ether oxygens (including phenoxy) is 2. The summed E-state index contributed by atoms with van der Waals surface area (Å²) in [7, 11) is 0. The van der Waals surface area contributed by atoms with Gasteiger partial charge < -0.3 is 25.0 Å². The zero-order valence-corrected chi connectivity index (χ0v) is 24.0. The van der Waals surface area contributed by atoms with Gasteiger partial charge in [-0.3, -0.25) is 9.59 Å². The molecule has 0 saturated carbocycles. The van der Waals surface area contributed by atoms with E-state index in [4.69, 9.17) is 14.6 Å². The molecule has 2 N–H and O–H groups in total. The summed E-state index contributed by atoms with van der Waals surface area (Å²) in [5.41, 5.74) is 2.63. The van der Waals surface area contributed by atoms with Gasteiger partial charge in [-0.2, -0.15) is 5.10 Å². The highest BCUT2D eigenvalue weighted by Crippen LogP contribution is 2.35. The van der Waals surface area contributed by atoms with E-state index in [0.717, 1.165) is 25.3 Å². The Labute approximate surface area is 252 Å². The monoisotopic (exact) mass is 595 g/mol. The number of benzodiazepines with no additional fused rings is 1. The van der Waals surface area contributed by atoms with Crippen LogP contribution < -0.4 is 20.3 Å². The number of carbonyl (C=O) groups excluding carboxylic acids is 2. The molecule has 7 rings (SSSR count). The van der Waals surface area contributed by atoms with Crippen LogP contribution in [0.4, 0.5) is 15.9 Å². The maximum atomic E-state index is 14.9. The van der Waals surface area contributed by atoms with Crippen LogP contribution in [0.25, 0.3) is 11.3 Å². The number of benzene rings is 2. The lowest BCUT2D eigenvalue weighted by Gasteiger charge is -2.27. The fraction of sp³-hybridized carbons (Fsp3) is 0.281. The van der Waals surface area contributed by atoms with E-state index >= 15 is 0 Å². The Morgan fingerprint density at radius 1 is 1.02 bits per heavy atom. The molecular formula is C32H30FN7O4. The minimum atomic E-state index is -1.37. The SMILES string of the molecule is C[C@@H]1CCn2nc(-c3ccc(N4CCOCC4)nc3)c(C(=O)N[C@H]3N=C(c4ccccc4)c4cccc(F)c4NC3=O)c2O1. The molecule has 0 bridgehead atoms. The maximum absolute atomic E-state index is 14.9. The number of aryl methyl sites for hydroxylation is 1. The Hall–Kier alpha value is -5.10. The molecule has 0 spiro atoms. The number of anilines is 2. The second-order valence-electron chi connectivity index (χ2n) is 10.8. The van der Waals surface area contributed by atoms with Crippen molar-refractivity contribution in [1.82, 2.24) is 20.1 Å². The number of nitrogens with one attached hydrogen (secondary N) is 2. The number of rotatable bonds is 5. The van der Waals surface area contributed by atoms with Gasteiger partial charge in [-0.1, -0.05) is 42.5 Å². The van der Waals surface area contributed by atoms with Gasteiger partial charge in [0.15, 0.2) is 0 Å². The van der Waals surface area contributed by atoms with Crippen molar-refractivity contribution in [3.05, 3.63) is 89.4 Å². The molecule has 12 heteroatoms. The Kier molecular flexibility index (Phi) is 7.26. The van der Waals surface area contributed by atoms with Crippen molar-refractivity contribution in [3.63, 3.8) is 0 Å². The molecule has 2 atom stereocenters. The second kappa shape index (κ2) is 11.5. The van der Waals surface area contributed by atoms with Crippen LogP contribution in [-0.4, -0.2) is 70.9 Å². The van der Waals surface area contributed by atoms with Crippen molar-refractivity contribution in [1.29, 1.82) is 0 Å². The Balaban J connectivity index is 1.26. The zero-order chi connectivity index (χ0) is 30.2. The minimum absolute atomic E-state index is 0.00374. The van der Waals surface area contributed by atoms with Crippen LogP contribution in [0.5, 0.6) is 5.88 Å². The quantitative estimate of drug-likeness (QED) is 0.361. The molecule has 3 aliphatic rings. The van der Waals surface area contributed by atoms with Crippen LogP contribution in [0.2, 0.25) is 0 Å².